The van der Waals surface area contributed by atoms with E-state index in [0.29, 0.717) is 0 Å². The molecular formula is C9H11N3O3. The number of nitrogens with one attached hydrogen (secondary N) is 2. The van der Waals surface area contributed by atoms with E-state index < -0.39 is 11.2 Å². The summed E-state index contributed by atoms with van der Waals surface area (Å²) >= 11 is 0. The number of H-pyrrole nitrogens is 2. The van der Waals surface area contributed by atoms with Crippen LogP contribution in [0.4, 0.5) is 0 Å². The summed E-state index contributed by atoms with van der Waals surface area (Å²) < 4.78 is 1.52. The van der Waals surface area contributed by atoms with E-state index >= 15 is 0 Å². The molecule has 15 heavy (non-hydrogen) atoms. The third-order valence-electron chi connectivity index (χ3n) is 2.27. The van der Waals surface area contributed by atoms with E-state index in [2.05, 4.69) is 9.97 Å². The lowest BCUT2D eigenvalue weighted by Crippen LogP contribution is -2.20. The van der Waals surface area contributed by atoms with Crippen LogP contribution in [-0.4, -0.2) is 19.6 Å². The highest BCUT2D eigenvalue weighted by Crippen LogP contribution is 2.24. The third kappa shape index (κ3) is 1.34. The van der Waals surface area contributed by atoms with Crippen LogP contribution in [0, 0.1) is 0 Å². The number of hydrogen-bond acceptors (Lipinski definition) is 3. The quantitative estimate of drug-likeness (QED) is 0.631. The number of aromatic amines is 2. The predicted octanol–water partition coefficient (Wildman–Crippen LogP) is 0.304. The molecule has 0 aliphatic heterocycles. The summed E-state index contributed by atoms with van der Waals surface area (Å²) in [6, 6.07) is 0.0142. The Labute approximate surface area is 84.2 Å². The molecule has 0 unspecified atom stereocenters. The van der Waals surface area contributed by atoms with E-state index in [0.717, 1.165) is 0 Å². The van der Waals surface area contributed by atoms with Gasteiger partial charge in [-0.15, -0.1) is 0 Å². The number of fused-ring (bicyclic) bond motifs is 1. The predicted molar refractivity (Wildman–Crippen MR) is 55.2 cm³/mol. The standard InChI is InChI=1S/C9H11N3O3/c1-4(2)12-3-5-6(8(12)14)10-9(15)11-7(5)13/h3-4,14H,1-2H3,(H2,10,11,13,15). The van der Waals surface area contributed by atoms with Gasteiger partial charge in [0, 0.05) is 12.2 Å². The Bertz CT molecular complexity index is 618. The van der Waals surface area contributed by atoms with E-state index in [1.807, 2.05) is 13.8 Å². The van der Waals surface area contributed by atoms with Gasteiger partial charge in [-0.2, -0.15) is 0 Å². The highest BCUT2D eigenvalue weighted by Gasteiger charge is 2.13. The first-order valence-corrected chi connectivity index (χ1v) is 4.57. The van der Waals surface area contributed by atoms with Gasteiger partial charge in [-0.1, -0.05) is 0 Å². The number of aromatic hydroxyl groups is 1. The van der Waals surface area contributed by atoms with Gasteiger partial charge in [0.15, 0.2) is 0 Å². The summed E-state index contributed by atoms with van der Waals surface area (Å²) in [7, 11) is 0. The molecule has 0 aliphatic carbocycles. The van der Waals surface area contributed by atoms with Crippen LogP contribution in [0.3, 0.4) is 0 Å². The fourth-order valence-electron chi connectivity index (χ4n) is 1.52. The number of rotatable bonds is 1. The minimum absolute atomic E-state index is 0.0142. The lowest BCUT2D eigenvalue weighted by molar-refractivity contribution is 0.404. The highest BCUT2D eigenvalue weighted by atomic mass is 16.3. The summed E-state index contributed by atoms with van der Waals surface area (Å²) in [5.74, 6) is -0.0943. The van der Waals surface area contributed by atoms with E-state index in [9.17, 15) is 14.7 Å². The van der Waals surface area contributed by atoms with Crippen LogP contribution < -0.4 is 11.2 Å². The van der Waals surface area contributed by atoms with Gasteiger partial charge in [0.2, 0.25) is 5.88 Å². The molecule has 0 amide bonds. The minimum Gasteiger partial charge on any atom is -0.493 e. The first kappa shape index (κ1) is 9.57. The fourth-order valence-corrected chi connectivity index (χ4v) is 1.52. The average molecular weight is 209 g/mol. The lowest BCUT2D eigenvalue weighted by atomic mass is 10.4. The van der Waals surface area contributed by atoms with Crippen molar-refractivity contribution in [1.29, 1.82) is 0 Å². The fraction of sp³-hybridized carbons (Fsp3) is 0.333. The van der Waals surface area contributed by atoms with Crippen molar-refractivity contribution >= 4 is 10.9 Å². The molecule has 0 saturated heterocycles. The van der Waals surface area contributed by atoms with Gasteiger partial charge in [-0.3, -0.25) is 9.78 Å². The van der Waals surface area contributed by atoms with Gasteiger partial charge in [-0.05, 0) is 13.8 Å². The number of aromatic nitrogens is 3. The van der Waals surface area contributed by atoms with Gasteiger partial charge >= 0.3 is 5.69 Å². The molecule has 2 aromatic rings. The zero-order valence-corrected chi connectivity index (χ0v) is 8.37. The number of hydrogen-bond donors (Lipinski definition) is 3. The van der Waals surface area contributed by atoms with Crippen molar-refractivity contribution in [3.8, 4) is 5.88 Å². The van der Waals surface area contributed by atoms with Crippen molar-refractivity contribution in [3.05, 3.63) is 27.0 Å². The second kappa shape index (κ2) is 3.01. The minimum atomic E-state index is -0.621. The molecule has 0 fully saturated rings. The monoisotopic (exact) mass is 209 g/mol. The van der Waals surface area contributed by atoms with Crippen molar-refractivity contribution < 1.29 is 5.11 Å². The second-order valence-electron chi connectivity index (χ2n) is 3.65. The van der Waals surface area contributed by atoms with Crippen LogP contribution in [-0.2, 0) is 0 Å². The molecule has 0 bridgehead atoms. The first-order valence-electron chi connectivity index (χ1n) is 4.57. The molecular weight excluding hydrogens is 198 g/mol. The largest absolute Gasteiger partial charge is 0.493 e. The smallest absolute Gasteiger partial charge is 0.326 e. The third-order valence-corrected chi connectivity index (χ3v) is 2.27. The van der Waals surface area contributed by atoms with Crippen LogP contribution in [0.1, 0.15) is 19.9 Å². The molecule has 3 N–H and O–H groups in total. The van der Waals surface area contributed by atoms with Crippen molar-refractivity contribution in [2.45, 2.75) is 19.9 Å². The summed E-state index contributed by atoms with van der Waals surface area (Å²) in [4.78, 5) is 26.9. The van der Waals surface area contributed by atoms with E-state index in [1.165, 1.54) is 10.8 Å². The van der Waals surface area contributed by atoms with Crippen molar-refractivity contribution in [2.24, 2.45) is 0 Å². The van der Waals surface area contributed by atoms with Crippen LogP contribution in [0.5, 0.6) is 5.88 Å². The summed E-state index contributed by atoms with van der Waals surface area (Å²) in [5.41, 5.74) is -0.940. The molecule has 2 rings (SSSR count). The topological polar surface area (TPSA) is 90.9 Å². The Morgan fingerprint density at radius 3 is 2.60 bits per heavy atom. The first-order chi connectivity index (χ1) is 7.00. The van der Waals surface area contributed by atoms with Crippen molar-refractivity contribution in [2.75, 3.05) is 0 Å². The normalized spacial score (nSPS) is 11.4. The molecule has 2 heterocycles. The molecule has 80 valence electrons. The van der Waals surface area contributed by atoms with Crippen molar-refractivity contribution in [3.63, 3.8) is 0 Å². The SMILES string of the molecule is CC(C)n1cc2c(=O)[nH]c(=O)[nH]c2c1O. The molecule has 2 aromatic heterocycles. The van der Waals surface area contributed by atoms with E-state index in [4.69, 9.17) is 0 Å². The van der Waals surface area contributed by atoms with Crippen LogP contribution in [0.2, 0.25) is 0 Å². The van der Waals surface area contributed by atoms with Gasteiger partial charge in [0.05, 0.1) is 5.39 Å². The molecule has 0 atom stereocenters. The summed E-state index contributed by atoms with van der Waals surface area (Å²) in [5, 5.41) is 10.0. The van der Waals surface area contributed by atoms with E-state index in [1.54, 1.807) is 0 Å². The van der Waals surface area contributed by atoms with Gasteiger partial charge < -0.3 is 14.7 Å². The van der Waals surface area contributed by atoms with Crippen LogP contribution >= 0.6 is 0 Å². The zero-order valence-electron chi connectivity index (χ0n) is 8.37. The maximum absolute atomic E-state index is 11.4. The Kier molecular flexibility index (Phi) is 1.92. The zero-order chi connectivity index (χ0) is 11.2. The van der Waals surface area contributed by atoms with Crippen LogP contribution in [0.25, 0.3) is 10.9 Å². The average Bonchev–Trinajstić information content (AvgIpc) is 2.44. The van der Waals surface area contributed by atoms with E-state index in [-0.39, 0.29) is 22.8 Å². The molecule has 6 nitrogen and oxygen atoms in total. The highest BCUT2D eigenvalue weighted by molar-refractivity contribution is 5.82. The molecule has 0 aliphatic rings. The maximum atomic E-state index is 11.4. The van der Waals surface area contributed by atoms with Crippen molar-refractivity contribution in [1.82, 2.24) is 14.5 Å². The summed E-state index contributed by atoms with van der Waals surface area (Å²) in [6.07, 6.45) is 1.52. The molecule has 0 spiro atoms. The summed E-state index contributed by atoms with van der Waals surface area (Å²) in [6.45, 7) is 3.73. The lowest BCUT2D eigenvalue weighted by Gasteiger charge is -2.07. The van der Waals surface area contributed by atoms with Gasteiger partial charge in [0.1, 0.15) is 5.52 Å². The molecule has 0 aromatic carbocycles. The molecule has 6 heteroatoms. The maximum Gasteiger partial charge on any atom is 0.326 e. The van der Waals surface area contributed by atoms with Gasteiger partial charge in [-0.25, -0.2) is 4.79 Å². The Morgan fingerprint density at radius 1 is 1.33 bits per heavy atom. The molecule has 0 saturated carbocycles. The molecule has 0 radical (unpaired) electrons. The Morgan fingerprint density at radius 2 is 2.00 bits per heavy atom. The number of nitrogens with zero attached hydrogens (tertiary/aromatic N) is 1. The van der Waals surface area contributed by atoms with Crippen LogP contribution in [0.15, 0.2) is 15.8 Å². The second-order valence-corrected chi connectivity index (χ2v) is 3.65. The Hall–Kier alpha value is -1.98. The Balaban J connectivity index is 2.94. The van der Waals surface area contributed by atoms with Gasteiger partial charge in [0.25, 0.3) is 5.56 Å².